The Hall–Kier alpha value is -2.34. The molecule has 1 amide bonds. The fourth-order valence-electron chi connectivity index (χ4n) is 3.41. The second-order valence-corrected chi connectivity index (χ2v) is 10.6. The first kappa shape index (κ1) is 23.3. The molecule has 0 bridgehead atoms. The Labute approximate surface area is 185 Å². The van der Waals surface area contributed by atoms with Gasteiger partial charge in [-0.05, 0) is 31.9 Å². The minimum absolute atomic E-state index is 0.00164. The Bertz CT molecular complexity index is 1030. The van der Waals surface area contributed by atoms with Gasteiger partial charge in [-0.1, -0.05) is 30.8 Å². The van der Waals surface area contributed by atoms with Crippen LogP contribution in [-0.2, 0) is 21.2 Å². The molecule has 1 aromatic heterocycles. The highest BCUT2D eigenvalue weighted by atomic mass is 32.2. The number of nitrogens with two attached hydrogens (primary N) is 1. The van der Waals surface area contributed by atoms with E-state index in [-0.39, 0.29) is 53.4 Å². The molecule has 2 N–H and O–H groups in total. The third-order valence-electron chi connectivity index (χ3n) is 5.21. The van der Waals surface area contributed by atoms with Crippen molar-refractivity contribution in [2.24, 2.45) is 0 Å². The van der Waals surface area contributed by atoms with E-state index in [4.69, 9.17) is 10.6 Å². The van der Waals surface area contributed by atoms with Crippen LogP contribution in [0.15, 0.2) is 29.4 Å². The van der Waals surface area contributed by atoms with Crippen LogP contribution >= 0.6 is 11.8 Å². The average molecular weight is 472 g/mol. The van der Waals surface area contributed by atoms with Crippen molar-refractivity contribution in [3.8, 4) is 5.75 Å². The summed E-state index contributed by atoms with van der Waals surface area (Å²) in [4.78, 5) is 14.6. The monoisotopic (exact) mass is 471 g/mol. The summed E-state index contributed by atoms with van der Waals surface area (Å²) in [5.41, 5.74) is 0. The molecular weight excluding hydrogens is 445 g/mol. The van der Waals surface area contributed by atoms with Gasteiger partial charge in [-0.25, -0.2) is 17.5 Å². The fourth-order valence-corrected chi connectivity index (χ4v) is 5.87. The third kappa shape index (κ3) is 5.67. The standard InChI is InChI=1S/C19H26FN5O4S2/c1-3-13(2)24(14-8-9-31(27,28)12-14)18(26)11-30-19-23-22-17(25(19)21)10-29-16-7-5-4-6-15(16)20/h4-7,13-14H,3,8-12,21H2,1-2H3/t13-,14-/m0/s1. The Morgan fingerprint density at radius 1 is 1.42 bits per heavy atom. The Kier molecular flexibility index (Phi) is 7.42. The second-order valence-electron chi connectivity index (χ2n) is 7.39. The minimum Gasteiger partial charge on any atom is -0.482 e. The minimum atomic E-state index is -3.11. The number of sulfone groups is 1. The normalized spacial score (nSPS) is 18.6. The van der Waals surface area contributed by atoms with Crippen molar-refractivity contribution in [2.45, 2.75) is 50.5 Å². The predicted molar refractivity (Wildman–Crippen MR) is 115 cm³/mol. The Morgan fingerprint density at radius 3 is 2.81 bits per heavy atom. The summed E-state index contributed by atoms with van der Waals surface area (Å²) < 4.78 is 44.0. The summed E-state index contributed by atoms with van der Waals surface area (Å²) in [5.74, 6) is 5.84. The molecular formula is C19H26FN5O4S2. The lowest BCUT2D eigenvalue weighted by Crippen LogP contribution is -2.47. The van der Waals surface area contributed by atoms with Crippen molar-refractivity contribution in [1.82, 2.24) is 19.8 Å². The molecule has 2 atom stereocenters. The Morgan fingerprint density at radius 2 is 2.16 bits per heavy atom. The predicted octanol–water partition coefficient (Wildman–Crippen LogP) is 1.62. The summed E-state index contributed by atoms with van der Waals surface area (Å²) in [5, 5.41) is 8.23. The van der Waals surface area contributed by atoms with Crippen molar-refractivity contribution in [3.05, 3.63) is 35.9 Å². The van der Waals surface area contributed by atoms with Gasteiger partial charge < -0.3 is 15.5 Å². The van der Waals surface area contributed by atoms with Crippen molar-refractivity contribution in [1.29, 1.82) is 0 Å². The highest BCUT2D eigenvalue weighted by molar-refractivity contribution is 7.99. The molecule has 1 aliphatic rings. The number of hydrogen-bond acceptors (Lipinski definition) is 8. The molecule has 1 aliphatic heterocycles. The highest BCUT2D eigenvalue weighted by Crippen LogP contribution is 2.24. The number of para-hydroxylation sites is 1. The lowest BCUT2D eigenvalue weighted by Gasteiger charge is -2.33. The van der Waals surface area contributed by atoms with Gasteiger partial charge >= 0.3 is 0 Å². The molecule has 0 unspecified atom stereocenters. The molecule has 1 aromatic carbocycles. The van der Waals surface area contributed by atoms with E-state index in [9.17, 15) is 17.6 Å². The number of rotatable bonds is 9. The molecule has 3 rings (SSSR count). The smallest absolute Gasteiger partial charge is 0.233 e. The zero-order valence-electron chi connectivity index (χ0n) is 17.4. The molecule has 2 heterocycles. The van der Waals surface area contributed by atoms with E-state index in [1.54, 1.807) is 17.0 Å². The van der Waals surface area contributed by atoms with Crippen molar-refractivity contribution < 1.29 is 22.3 Å². The topological polar surface area (TPSA) is 120 Å². The highest BCUT2D eigenvalue weighted by Gasteiger charge is 2.36. The van der Waals surface area contributed by atoms with Crippen LogP contribution in [0.5, 0.6) is 5.75 Å². The molecule has 9 nitrogen and oxygen atoms in total. The number of benzene rings is 1. The average Bonchev–Trinajstić information content (AvgIpc) is 3.27. The number of nitrogen functional groups attached to an aromatic ring is 1. The van der Waals surface area contributed by atoms with Crippen LogP contribution in [0, 0.1) is 5.82 Å². The van der Waals surface area contributed by atoms with Crippen LogP contribution in [0.3, 0.4) is 0 Å². The zero-order chi connectivity index (χ0) is 22.6. The number of nitrogens with zero attached hydrogens (tertiary/aromatic N) is 4. The molecule has 0 aliphatic carbocycles. The molecule has 31 heavy (non-hydrogen) atoms. The van der Waals surface area contributed by atoms with Gasteiger partial charge in [0.1, 0.15) is 6.61 Å². The first-order valence-corrected chi connectivity index (χ1v) is 12.7. The number of carbonyl (C=O) groups excluding carboxylic acids is 1. The van der Waals surface area contributed by atoms with E-state index in [0.29, 0.717) is 11.6 Å². The van der Waals surface area contributed by atoms with Crippen LogP contribution < -0.4 is 10.6 Å². The van der Waals surface area contributed by atoms with E-state index in [0.717, 1.165) is 18.2 Å². The second kappa shape index (κ2) is 9.86. The summed E-state index contributed by atoms with van der Waals surface area (Å²) in [7, 11) is -3.11. The van der Waals surface area contributed by atoms with Crippen LogP contribution in [0.1, 0.15) is 32.5 Å². The van der Waals surface area contributed by atoms with Gasteiger partial charge in [0, 0.05) is 12.1 Å². The summed E-state index contributed by atoms with van der Waals surface area (Å²) >= 11 is 1.11. The lowest BCUT2D eigenvalue weighted by atomic mass is 10.1. The van der Waals surface area contributed by atoms with Crippen LogP contribution in [-0.4, -0.2) is 63.4 Å². The van der Waals surface area contributed by atoms with Gasteiger partial charge in [0.25, 0.3) is 0 Å². The number of carbonyl (C=O) groups is 1. The van der Waals surface area contributed by atoms with E-state index in [1.807, 2.05) is 13.8 Å². The molecule has 0 spiro atoms. The van der Waals surface area contributed by atoms with Gasteiger partial charge in [0.05, 0.1) is 17.3 Å². The molecule has 1 saturated heterocycles. The number of aromatic nitrogens is 3. The number of hydrogen-bond donors (Lipinski definition) is 1. The summed E-state index contributed by atoms with van der Waals surface area (Å²) in [6.45, 7) is 3.79. The first-order valence-electron chi connectivity index (χ1n) is 9.93. The molecule has 1 fully saturated rings. The van der Waals surface area contributed by atoms with E-state index in [2.05, 4.69) is 10.2 Å². The zero-order valence-corrected chi connectivity index (χ0v) is 19.0. The van der Waals surface area contributed by atoms with Gasteiger partial charge in [-0.15, -0.1) is 10.2 Å². The maximum atomic E-state index is 13.7. The van der Waals surface area contributed by atoms with Gasteiger partial charge in [-0.2, -0.15) is 0 Å². The van der Waals surface area contributed by atoms with Gasteiger partial charge in [-0.3, -0.25) is 4.79 Å². The molecule has 2 aromatic rings. The number of halogens is 1. The lowest BCUT2D eigenvalue weighted by molar-refractivity contribution is -0.132. The van der Waals surface area contributed by atoms with Crippen LogP contribution in [0.4, 0.5) is 4.39 Å². The number of ether oxygens (including phenoxy) is 1. The summed E-state index contributed by atoms with van der Waals surface area (Å²) in [6, 6.07) is 5.60. The van der Waals surface area contributed by atoms with Crippen molar-refractivity contribution in [3.63, 3.8) is 0 Å². The number of thioether (sulfide) groups is 1. The van der Waals surface area contributed by atoms with Crippen LogP contribution in [0.25, 0.3) is 0 Å². The molecule has 0 saturated carbocycles. The summed E-state index contributed by atoms with van der Waals surface area (Å²) in [6.07, 6.45) is 1.17. The molecule has 170 valence electrons. The number of amides is 1. The molecule has 0 radical (unpaired) electrons. The van der Waals surface area contributed by atoms with Crippen molar-refractivity contribution in [2.75, 3.05) is 23.1 Å². The maximum absolute atomic E-state index is 13.7. The van der Waals surface area contributed by atoms with Gasteiger partial charge in [0.15, 0.2) is 27.2 Å². The first-order chi connectivity index (χ1) is 14.7. The fraction of sp³-hybridized carbons (Fsp3) is 0.526. The van der Waals surface area contributed by atoms with Gasteiger partial charge in [0.2, 0.25) is 11.1 Å². The van der Waals surface area contributed by atoms with E-state index >= 15 is 0 Å². The van der Waals surface area contributed by atoms with E-state index < -0.39 is 15.7 Å². The molecule has 12 heteroatoms. The van der Waals surface area contributed by atoms with Crippen LogP contribution in [0.2, 0.25) is 0 Å². The van der Waals surface area contributed by atoms with E-state index in [1.165, 1.54) is 16.8 Å². The quantitative estimate of drug-likeness (QED) is 0.433. The third-order valence-corrected chi connectivity index (χ3v) is 7.89. The van der Waals surface area contributed by atoms with Crippen molar-refractivity contribution >= 4 is 27.5 Å². The largest absolute Gasteiger partial charge is 0.482 e. The Balaban J connectivity index is 1.62. The SMILES string of the molecule is CC[C@H](C)N(C(=O)CSc1nnc(COc2ccccc2F)n1N)[C@H]1CCS(=O)(=O)C1. The maximum Gasteiger partial charge on any atom is 0.233 e.